The summed E-state index contributed by atoms with van der Waals surface area (Å²) < 4.78 is 0. The minimum atomic E-state index is -0.326. The van der Waals surface area contributed by atoms with E-state index in [1.807, 2.05) is 20.8 Å². The molecule has 0 atom stereocenters. The van der Waals surface area contributed by atoms with Crippen LogP contribution < -0.4 is 16.4 Å². The first kappa shape index (κ1) is 16.2. The smallest absolute Gasteiger partial charge is 0.253 e. The van der Waals surface area contributed by atoms with Crippen LogP contribution in [0, 0.1) is 0 Å². The summed E-state index contributed by atoms with van der Waals surface area (Å²) in [6, 6.07) is 6.97. The van der Waals surface area contributed by atoms with Gasteiger partial charge >= 0.3 is 0 Å². The first-order valence-electron chi connectivity index (χ1n) is 6.75. The van der Waals surface area contributed by atoms with Crippen molar-refractivity contribution in [3.8, 4) is 0 Å². The van der Waals surface area contributed by atoms with Crippen LogP contribution in [0.25, 0.3) is 0 Å². The number of nitrogens with one attached hydrogen (secondary N) is 2. The standard InChI is InChI=1S/C15H23N3O2/c1-15(2,3)18-14(20)11-7-4-5-8-12(11)17-13(19)9-6-10-16/h4-5,7-8H,6,9-10,16H2,1-3H3,(H,17,19)(H,18,20). The predicted molar refractivity (Wildman–Crippen MR) is 80.6 cm³/mol. The molecule has 0 spiro atoms. The van der Waals surface area contributed by atoms with Gasteiger partial charge in [-0.15, -0.1) is 0 Å². The summed E-state index contributed by atoms with van der Waals surface area (Å²) in [5.41, 5.74) is 6.03. The highest BCUT2D eigenvalue weighted by Crippen LogP contribution is 2.16. The molecule has 0 bridgehead atoms. The Hall–Kier alpha value is -1.88. The molecule has 1 aromatic carbocycles. The molecule has 1 aromatic rings. The number of anilines is 1. The molecular weight excluding hydrogens is 254 g/mol. The first-order chi connectivity index (χ1) is 9.33. The third kappa shape index (κ3) is 5.40. The molecule has 5 nitrogen and oxygen atoms in total. The fourth-order valence-corrected chi connectivity index (χ4v) is 1.67. The Morgan fingerprint density at radius 3 is 2.45 bits per heavy atom. The average Bonchev–Trinajstić information content (AvgIpc) is 2.35. The largest absolute Gasteiger partial charge is 0.347 e. The van der Waals surface area contributed by atoms with Crippen LogP contribution in [0.15, 0.2) is 24.3 Å². The molecule has 20 heavy (non-hydrogen) atoms. The molecule has 110 valence electrons. The van der Waals surface area contributed by atoms with Crippen LogP contribution in [0.4, 0.5) is 5.69 Å². The van der Waals surface area contributed by atoms with Crippen LogP contribution in [0.1, 0.15) is 44.0 Å². The SMILES string of the molecule is CC(C)(C)NC(=O)c1ccccc1NC(=O)CCCN. The number of hydrogen-bond acceptors (Lipinski definition) is 3. The Kier molecular flexibility index (Phi) is 5.70. The van der Waals surface area contributed by atoms with E-state index in [9.17, 15) is 9.59 Å². The van der Waals surface area contributed by atoms with Gasteiger partial charge in [-0.3, -0.25) is 9.59 Å². The lowest BCUT2D eigenvalue weighted by Gasteiger charge is -2.21. The second kappa shape index (κ2) is 7.05. The molecule has 0 aliphatic carbocycles. The van der Waals surface area contributed by atoms with Gasteiger partial charge in [0.25, 0.3) is 5.91 Å². The summed E-state index contributed by atoms with van der Waals surface area (Å²) in [6.07, 6.45) is 0.980. The van der Waals surface area contributed by atoms with E-state index in [0.717, 1.165) is 0 Å². The lowest BCUT2D eigenvalue weighted by atomic mass is 10.1. The summed E-state index contributed by atoms with van der Waals surface area (Å²) in [5, 5.41) is 5.64. The van der Waals surface area contributed by atoms with Crippen molar-refractivity contribution in [1.82, 2.24) is 5.32 Å². The van der Waals surface area contributed by atoms with Crippen LogP contribution in [0.5, 0.6) is 0 Å². The molecule has 0 saturated carbocycles. The summed E-state index contributed by atoms with van der Waals surface area (Å²) in [7, 11) is 0. The number of nitrogens with two attached hydrogens (primary N) is 1. The number of benzene rings is 1. The van der Waals surface area contributed by atoms with Gasteiger partial charge in [0.1, 0.15) is 0 Å². The number of rotatable bonds is 5. The fraction of sp³-hybridized carbons (Fsp3) is 0.467. The number of carbonyl (C=O) groups excluding carboxylic acids is 2. The van der Waals surface area contributed by atoms with Crippen molar-refractivity contribution in [3.63, 3.8) is 0 Å². The number of carbonyl (C=O) groups is 2. The molecule has 1 rings (SSSR count). The topological polar surface area (TPSA) is 84.2 Å². The molecule has 0 radical (unpaired) electrons. The second-order valence-corrected chi connectivity index (χ2v) is 5.69. The Labute approximate surface area is 119 Å². The Morgan fingerprint density at radius 2 is 1.85 bits per heavy atom. The zero-order chi connectivity index (χ0) is 15.2. The lowest BCUT2D eigenvalue weighted by Crippen LogP contribution is -2.40. The quantitative estimate of drug-likeness (QED) is 0.768. The highest BCUT2D eigenvalue weighted by atomic mass is 16.2. The molecule has 0 fully saturated rings. The van der Waals surface area contributed by atoms with E-state index < -0.39 is 0 Å². The minimum absolute atomic E-state index is 0.133. The maximum atomic E-state index is 12.2. The summed E-state index contributed by atoms with van der Waals surface area (Å²) in [6.45, 7) is 6.20. The van der Waals surface area contributed by atoms with Crippen molar-refractivity contribution in [2.75, 3.05) is 11.9 Å². The molecule has 0 aliphatic heterocycles. The lowest BCUT2D eigenvalue weighted by molar-refractivity contribution is -0.116. The van der Waals surface area contributed by atoms with Crippen molar-refractivity contribution < 1.29 is 9.59 Å². The van der Waals surface area contributed by atoms with E-state index in [2.05, 4.69) is 10.6 Å². The van der Waals surface area contributed by atoms with Crippen molar-refractivity contribution in [3.05, 3.63) is 29.8 Å². The van der Waals surface area contributed by atoms with Crippen LogP contribution in [-0.2, 0) is 4.79 Å². The normalized spacial score (nSPS) is 11.0. The van der Waals surface area contributed by atoms with Crippen molar-refractivity contribution in [1.29, 1.82) is 0 Å². The van der Waals surface area contributed by atoms with Gasteiger partial charge in [-0.25, -0.2) is 0 Å². The van der Waals surface area contributed by atoms with E-state index >= 15 is 0 Å². The molecule has 4 N–H and O–H groups in total. The Balaban J connectivity index is 2.83. The van der Waals surface area contributed by atoms with Crippen LogP contribution >= 0.6 is 0 Å². The van der Waals surface area contributed by atoms with Crippen molar-refractivity contribution in [2.24, 2.45) is 5.73 Å². The first-order valence-corrected chi connectivity index (χ1v) is 6.75. The Morgan fingerprint density at radius 1 is 1.20 bits per heavy atom. The minimum Gasteiger partial charge on any atom is -0.347 e. The van der Waals surface area contributed by atoms with Gasteiger partial charge in [-0.05, 0) is 45.9 Å². The fourth-order valence-electron chi connectivity index (χ4n) is 1.67. The van der Waals surface area contributed by atoms with Crippen LogP contribution in [0.3, 0.4) is 0 Å². The molecule has 0 aliphatic rings. The highest BCUT2D eigenvalue weighted by molar-refractivity contribution is 6.03. The monoisotopic (exact) mass is 277 g/mol. The van der Waals surface area contributed by atoms with Crippen LogP contribution in [-0.4, -0.2) is 23.9 Å². The summed E-state index contributed by atoms with van der Waals surface area (Å²) in [5.74, 6) is -0.335. The summed E-state index contributed by atoms with van der Waals surface area (Å²) in [4.78, 5) is 23.9. The summed E-state index contributed by atoms with van der Waals surface area (Å²) >= 11 is 0. The molecular formula is C15H23N3O2. The van der Waals surface area contributed by atoms with E-state index in [-0.39, 0.29) is 17.4 Å². The highest BCUT2D eigenvalue weighted by Gasteiger charge is 2.18. The van der Waals surface area contributed by atoms with Gasteiger partial charge in [-0.2, -0.15) is 0 Å². The second-order valence-electron chi connectivity index (χ2n) is 5.69. The van der Waals surface area contributed by atoms with E-state index in [4.69, 9.17) is 5.73 Å². The number of amides is 2. The van der Waals surface area contributed by atoms with Crippen molar-refractivity contribution in [2.45, 2.75) is 39.2 Å². The van der Waals surface area contributed by atoms with E-state index in [0.29, 0.717) is 30.6 Å². The van der Waals surface area contributed by atoms with Gasteiger partial charge in [0.05, 0.1) is 11.3 Å². The average molecular weight is 277 g/mol. The molecule has 0 aromatic heterocycles. The van der Waals surface area contributed by atoms with E-state index in [1.165, 1.54) is 0 Å². The maximum Gasteiger partial charge on any atom is 0.253 e. The van der Waals surface area contributed by atoms with Gasteiger partial charge in [0.2, 0.25) is 5.91 Å². The van der Waals surface area contributed by atoms with Gasteiger partial charge in [0, 0.05) is 12.0 Å². The van der Waals surface area contributed by atoms with Crippen molar-refractivity contribution >= 4 is 17.5 Å². The third-order valence-electron chi connectivity index (χ3n) is 2.54. The molecule has 0 heterocycles. The molecule has 2 amide bonds. The number of hydrogen-bond donors (Lipinski definition) is 3. The van der Waals surface area contributed by atoms with E-state index in [1.54, 1.807) is 24.3 Å². The third-order valence-corrected chi connectivity index (χ3v) is 2.54. The molecule has 0 unspecified atom stereocenters. The zero-order valence-corrected chi connectivity index (χ0v) is 12.3. The van der Waals surface area contributed by atoms with Gasteiger partial charge in [0.15, 0.2) is 0 Å². The van der Waals surface area contributed by atoms with Gasteiger partial charge in [-0.1, -0.05) is 12.1 Å². The zero-order valence-electron chi connectivity index (χ0n) is 12.3. The Bertz CT molecular complexity index is 478. The van der Waals surface area contributed by atoms with Gasteiger partial charge < -0.3 is 16.4 Å². The predicted octanol–water partition coefficient (Wildman–Crippen LogP) is 1.89. The maximum absolute atomic E-state index is 12.2. The molecule has 0 saturated heterocycles. The molecule has 5 heteroatoms. The number of para-hydroxylation sites is 1. The van der Waals surface area contributed by atoms with Crippen LogP contribution in [0.2, 0.25) is 0 Å².